The minimum atomic E-state index is -0.838. The van der Waals surface area contributed by atoms with Gasteiger partial charge in [0.15, 0.2) is 0 Å². The van der Waals surface area contributed by atoms with Crippen molar-refractivity contribution in [1.29, 1.82) is 0 Å². The molecule has 2 heterocycles. The van der Waals surface area contributed by atoms with Crippen molar-refractivity contribution in [1.82, 2.24) is 4.90 Å². The monoisotopic (exact) mass is 239 g/mol. The van der Waals surface area contributed by atoms with Crippen LogP contribution < -0.4 is 0 Å². The first-order valence-corrected chi connectivity index (χ1v) is 6.67. The van der Waals surface area contributed by atoms with Crippen LogP contribution in [0.2, 0.25) is 0 Å². The molecule has 0 radical (unpaired) electrons. The zero-order chi connectivity index (χ0) is 12.4. The lowest BCUT2D eigenvalue weighted by Gasteiger charge is -2.33. The van der Waals surface area contributed by atoms with Crippen molar-refractivity contribution in [3.05, 3.63) is 0 Å². The molecular formula is C13H21NO3. The molecule has 0 aliphatic carbocycles. The third kappa shape index (κ3) is 2.45. The Hall–Kier alpha value is -1.06. The van der Waals surface area contributed by atoms with E-state index in [-0.39, 0.29) is 11.9 Å². The fourth-order valence-electron chi connectivity index (χ4n) is 3.28. The second-order valence-corrected chi connectivity index (χ2v) is 5.29. The Kier molecular flexibility index (Phi) is 3.69. The van der Waals surface area contributed by atoms with Crippen molar-refractivity contribution in [3.8, 4) is 0 Å². The Morgan fingerprint density at radius 2 is 2.18 bits per heavy atom. The molecule has 2 saturated heterocycles. The zero-order valence-corrected chi connectivity index (χ0v) is 10.4. The number of hydrogen-bond acceptors (Lipinski definition) is 2. The molecule has 0 aromatic rings. The van der Waals surface area contributed by atoms with Crippen molar-refractivity contribution >= 4 is 11.9 Å². The van der Waals surface area contributed by atoms with Crippen molar-refractivity contribution in [2.75, 3.05) is 0 Å². The Morgan fingerprint density at radius 1 is 1.41 bits per heavy atom. The molecule has 2 aliphatic heterocycles. The van der Waals surface area contributed by atoms with Crippen LogP contribution in [0.25, 0.3) is 0 Å². The van der Waals surface area contributed by atoms with Gasteiger partial charge < -0.3 is 10.0 Å². The highest BCUT2D eigenvalue weighted by atomic mass is 16.4. The lowest BCUT2D eigenvalue weighted by Crippen LogP contribution is -2.46. The van der Waals surface area contributed by atoms with E-state index in [1.807, 2.05) is 0 Å². The van der Waals surface area contributed by atoms with Gasteiger partial charge in [-0.25, -0.2) is 4.79 Å². The third-order valence-corrected chi connectivity index (χ3v) is 4.26. The molecule has 0 aromatic heterocycles. The van der Waals surface area contributed by atoms with Gasteiger partial charge in [0.25, 0.3) is 0 Å². The van der Waals surface area contributed by atoms with Crippen molar-refractivity contribution < 1.29 is 14.7 Å². The first kappa shape index (κ1) is 12.4. The summed E-state index contributed by atoms with van der Waals surface area (Å²) in [5.41, 5.74) is 0. The van der Waals surface area contributed by atoms with Crippen LogP contribution in [0.15, 0.2) is 0 Å². The first-order chi connectivity index (χ1) is 8.13. The molecule has 3 atom stereocenters. The molecular weight excluding hydrogens is 218 g/mol. The average Bonchev–Trinajstić information content (AvgIpc) is 2.68. The van der Waals surface area contributed by atoms with Crippen LogP contribution in [0.4, 0.5) is 0 Å². The van der Waals surface area contributed by atoms with Crippen LogP contribution in [0.3, 0.4) is 0 Å². The van der Waals surface area contributed by atoms with Gasteiger partial charge in [0, 0.05) is 12.5 Å². The Bertz CT molecular complexity index is 316. The molecule has 1 amide bonds. The van der Waals surface area contributed by atoms with E-state index < -0.39 is 12.0 Å². The van der Waals surface area contributed by atoms with Gasteiger partial charge in [0.1, 0.15) is 6.04 Å². The van der Waals surface area contributed by atoms with Gasteiger partial charge >= 0.3 is 5.97 Å². The molecule has 1 N–H and O–H groups in total. The highest BCUT2D eigenvalue weighted by Gasteiger charge is 2.41. The summed E-state index contributed by atoms with van der Waals surface area (Å²) in [7, 11) is 0. The zero-order valence-electron chi connectivity index (χ0n) is 10.4. The number of hydrogen-bond donors (Lipinski definition) is 1. The quantitative estimate of drug-likeness (QED) is 0.802. The Morgan fingerprint density at radius 3 is 2.82 bits per heavy atom. The topological polar surface area (TPSA) is 57.6 Å². The van der Waals surface area contributed by atoms with Gasteiger partial charge in [0.2, 0.25) is 5.91 Å². The van der Waals surface area contributed by atoms with E-state index in [4.69, 9.17) is 5.11 Å². The van der Waals surface area contributed by atoms with Crippen LogP contribution in [-0.2, 0) is 9.59 Å². The maximum atomic E-state index is 12.0. The number of carbonyl (C=O) groups excluding carboxylic acids is 1. The van der Waals surface area contributed by atoms with Gasteiger partial charge in [-0.05, 0) is 38.0 Å². The molecule has 96 valence electrons. The number of carboxylic acids is 1. The van der Waals surface area contributed by atoms with E-state index >= 15 is 0 Å². The maximum absolute atomic E-state index is 12.0. The highest BCUT2D eigenvalue weighted by Crippen LogP contribution is 2.34. The molecule has 0 unspecified atom stereocenters. The average molecular weight is 239 g/mol. The molecule has 0 aromatic carbocycles. The van der Waals surface area contributed by atoms with Gasteiger partial charge in [-0.3, -0.25) is 4.79 Å². The highest BCUT2D eigenvalue weighted by molar-refractivity contribution is 5.84. The Balaban J connectivity index is 2.15. The summed E-state index contributed by atoms with van der Waals surface area (Å²) in [5.74, 6) is -0.132. The summed E-state index contributed by atoms with van der Waals surface area (Å²) in [4.78, 5) is 24.8. The maximum Gasteiger partial charge on any atom is 0.326 e. The largest absolute Gasteiger partial charge is 0.480 e. The van der Waals surface area contributed by atoms with E-state index in [1.54, 1.807) is 4.90 Å². The fourth-order valence-corrected chi connectivity index (χ4v) is 3.28. The minimum absolute atomic E-state index is 0.0504. The van der Waals surface area contributed by atoms with Gasteiger partial charge in [-0.15, -0.1) is 0 Å². The predicted molar refractivity (Wildman–Crippen MR) is 63.5 cm³/mol. The second kappa shape index (κ2) is 5.07. The second-order valence-electron chi connectivity index (χ2n) is 5.29. The number of nitrogens with zero attached hydrogens (tertiary/aromatic N) is 1. The Labute approximate surface area is 102 Å². The molecule has 2 fully saturated rings. The standard InChI is InChI=1S/C13H21NO3/c1-2-9-4-3-5-12(15)14-10(8-9)6-7-11(14)13(16)17/h9-11H,2-8H2,1H3,(H,16,17)/t9-,10-,11+/m1/s1. The molecule has 17 heavy (non-hydrogen) atoms. The van der Waals surface area contributed by atoms with E-state index in [0.717, 1.165) is 32.1 Å². The summed E-state index contributed by atoms with van der Waals surface area (Å²) < 4.78 is 0. The summed E-state index contributed by atoms with van der Waals surface area (Å²) in [6, 6.07) is -0.392. The first-order valence-electron chi connectivity index (χ1n) is 6.67. The normalized spacial score (nSPS) is 34.1. The number of fused-ring (bicyclic) bond motifs is 1. The van der Waals surface area contributed by atoms with Crippen molar-refractivity contribution in [2.45, 2.75) is 64.0 Å². The van der Waals surface area contributed by atoms with Gasteiger partial charge in [-0.1, -0.05) is 13.3 Å². The number of carbonyl (C=O) groups is 2. The smallest absolute Gasteiger partial charge is 0.326 e. The fraction of sp³-hybridized carbons (Fsp3) is 0.846. The molecule has 0 spiro atoms. The van der Waals surface area contributed by atoms with E-state index in [1.165, 1.54) is 0 Å². The van der Waals surface area contributed by atoms with Gasteiger partial charge in [0.05, 0.1) is 0 Å². The number of rotatable bonds is 2. The SMILES string of the molecule is CC[C@@H]1CCCC(=O)N2[C@H](CC[C@H]2C(=O)O)C1. The lowest BCUT2D eigenvalue weighted by atomic mass is 9.89. The number of amides is 1. The summed E-state index contributed by atoms with van der Waals surface area (Å²) in [6.07, 6.45) is 6.16. The van der Waals surface area contributed by atoms with Crippen molar-refractivity contribution in [2.24, 2.45) is 5.92 Å². The lowest BCUT2D eigenvalue weighted by molar-refractivity contribution is -0.150. The van der Waals surface area contributed by atoms with Crippen LogP contribution in [0, 0.1) is 5.92 Å². The summed E-state index contributed by atoms with van der Waals surface area (Å²) in [5, 5.41) is 9.16. The van der Waals surface area contributed by atoms with E-state index in [2.05, 4.69) is 6.92 Å². The summed E-state index contributed by atoms with van der Waals surface area (Å²) in [6.45, 7) is 2.18. The molecule has 2 aliphatic rings. The van der Waals surface area contributed by atoms with Crippen LogP contribution in [0.5, 0.6) is 0 Å². The van der Waals surface area contributed by atoms with E-state index in [0.29, 0.717) is 18.8 Å². The van der Waals surface area contributed by atoms with Crippen LogP contribution >= 0.6 is 0 Å². The number of carboxylic acid groups (broad SMARTS) is 1. The molecule has 0 bridgehead atoms. The third-order valence-electron chi connectivity index (χ3n) is 4.26. The number of aliphatic carboxylic acids is 1. The molecule has 4 nitrogen and oxygen atoms in total. The predicted octanol–water partition coefficient (Wildman–Crippen LogP) is 2.03. The van der Waals surface area contributed by atoms with Crippen LogP contribution in [0.1, 0.15) is 51.9 Å². The molecule has 2 rings (SSSR count). The summed E-state index contributed by atoms with van der Waals surface area (Å²) >= 11 is 0. The molecule has 4 heteroatoms. The molecule has 0 saturated carbocycles. The van der Waals surface area contributed by atoms with E-state index in [9.17, 15) is 9.59 Å². The van der Waals surface area contributed by atoms with Crippen molar-refractivity contribution in [3.63, 3.8) is 0 Å². The minimum Gasteiger partial charge on any atom is -0.480 e. The van der Waals surface area contributed by atoms with Gasteiger partial charge in [-0.2, -0.15) is 0 Å². The van der Waals surface area contributed by atoms with Crippen LogP contribution in [-0.4, -0.2) is 34.0 Å².